The normalized spacial score (nSPS) is 23.6. The van der Waals surface area contributed by atoms with Crippen molar-refractivity contribution in [1.29, 1.82) is 0 Å². The second-order valence-corrected chi connectivity index (χ2v) is 8.91. The van der Waals surface area contributed by atoms with Gasteiger partial charge >= 0.3 is 6.03 Å². The third-order valence-corrected chi connectivity index (χ3v) is 6.65. The molecule has 2 aromatic rings. The van der Waals surface area contributed by atoms with Crippen LogP contribution in [0, 0.1) is 0 Å². The summed E-state index contributed by atoms with van der Waals surface area (Å²) in [5.74, 6) is -0.545. The molecule has 2 aliphatic carbocycles. The summed E-state index contributed by atoms with van der Waals surface area (Å²) in [7, 11) is 0. The molecular formula is C25H27N3O3. The van der Waals surface area contributed by atoms with E-state index in [0.29, 0.717) is 0 Å². The molecule has 4 amide bonds. The van der Waals surface area contributed by atoms with E-state index in [2.05, 4.69) is 11.4 Å². The predicted octanol–water partition coefficient (Wildman–Crippen LogP) is 4.06. The maximum Gasteiger partial charge on any atom is 0.325 e. The number of amides is 4. The zero-order valence-electron chi connectivity index (χ0n) is 17.8. The first kappa shape index (κ1) is 19.8. The van der Waals surface area contributed by atoms with Crippen molar-refractivity contribution in [3.63, 3.8) is 0 Å². The zero-order valence-corrected chi connectivity index (χ0v) is 17.8. The molecule has 5 rings (SSSR count). The molecule has 6 heteroatoms. The van der Waals surface area contributed by atoms with Gasteiger partial charge in [-0.1, -0.05) is 48.5 Å². The average Bonchev–Trinajstić information content (AvgIpc) is 3.59. The van der Waals surface area contributed by atoms with Crippen molar-refractivity contribution in [2.45, 2.75) is 57.0 Å². The Labute approximate surface area is 181 Å². The second-order valence-electron chi connectivity index (χ2n) is 8.91. The fourth-order valence-corrected chi connectivity index (χ4v) is 4.87. The second kappa shape index (κ2) is 7.52. The van der Waals surface area contributed by atoms with Crippen LogP contribution in [0.15, 0.2) is 54.2 Å². The first-order valence-electron chi connectivity index (χ1n) is 11.1. The Bertz CT molecular complexity index is 1100. The number of allylic oxidation sites excluding steroid dienone is 2. The molecular weight excluding hydrogens is 390 g/mol. The Balaban J connectivity index is 1.42. The summed E-state index contributed by atoms with van der Waals surface area (Å²) in [6, 6.07) is 13.2. The Hall–Kier alpha value is -3.15. The number of carbonyl (C=O) groups excluding carboxylic acids is 3. The van der Waals surface area contributed by atoms with E-state index in [-0.39, 0.29) is 24.4 Å². The summed E-state index contributed by atoms with van der Waals surface area (Å²) in [5, 5.41) is 4.78. The molecule has 0 spiro atoms. The largest absolute Gasteiger partial charge is 0.325 e. The van der Waals surface area contributed by atoms with Crippen molar-refractivity contribution in [3.8, 4) is 0 Å². The highest BCUT2D eigenvalue weighted by atomic mass is 16.2. The van der Waals surface area contributed by atoms with Gasteiger partial charge in [0.15, 0.2) is 0 Å². The molecule has 2 aromatic carbocycles. The molecule has 6 nitrogen and oxygen atoms in total. The van der Waals surface area contributed by atoms with Crippen LogP contribution in [-0.4, -0.2) is 40.2 Å². The van der Waals surface area contributed by atoms with Gasteiger partial charge < -0.3 is 10.2 Å². The number of benzene rings is 2. The van der Waals surface area contributed by atoms with E-state index in [9.17, 15) is 14.4 Å². The molecule has 2 fully saturated rings. The molecule has 1 saturated carbocycles. The lowest BCUT2D eigenvalue weighted by molar-refractivity contribution is -0.138. The Kier molecular flexibility index (Phi) is 4.80. The minimum absolute atomic E-state index is 0.165. The Morgan fingerprint density at radius 3 is 2.65 bits per heavy atom. The molecule has 1 saturated heterocycles. The van der Waals surface area contributed by atoms with Crippen molar-refractivity contribution in [2.75, 3.05) is 6.54 Å². The lowest BCUT2D eigenvalue weighted by atomic mass is 9.88. The van der Waals surface area contributed by atoms with E-state index in [1.807, 2.05) is 47.4 Å². The Morgan fingerprint density at radius 2 is 1.90 bits per heavy atom. The maximum atomic E-state index is 13.5. The van der Waals surface area contributed by atoms with Crippen molar-refractivity contribution in [2.24, 2.45) is 0 Å². The molecule has 3 aliphatic rings. The van der Waals surface area contributed by atoms with E-state index in [4.69, 9.17) is 0 Å². The number of urea groups is 1. The van der Waals surface area contributed by atoms with Crippen molar-refractivity contribution in [1.82, 2.24) is 15.1 Å². The van der Waals surface area contributed by atoms with Crippen LogP contribution < -0.4 is 5.32 Å². The van der Waals surface area contributed by atoms with Gasteiger partial charge in [0, 0.05) is 11.7 Å². The fourth-order valence-electron chi connectivity index (χ4n) is 4.87. The van der Waals surface area contributed by atoms with Gasteiger partial charge in [-0.2, -0.15) is 0 Å². The van der Waals surface area contributed by atoms with Gasteiger partial charge in [-0.25, -0.2) is 4.79 Å². The van der Waals surface area contributed by atoms with E-state index in [0.717, 1.165) is 65.5 Å². The number of carbonyl (C=O) groups is 3. The van der Waals surface area contributed by atoms with Crippen LogP contribution in [0.4, 0.5) is 4.79 Å². The van der Waals surface area contributed by atoms with Gasteiger partial charge in [0.2, 0.25) is 5.91 Å². The third kappa shape index (κ3) is 3.40. The van der Waals surface area contributed by atoms with Crippen molar-refractivity contribution < 1.29 is 14.4 Å². The van der Waals surface area contributed by atoms with Crippen LogP contribution in [0.3, 0.4) is 0 Å². The van der Waals surface area contributed by atoms with Gasteiger partial charge in [0.05, 0.1) is 0 Å². The van der Waals surface area contributed by atoms with E-state index in [1.54, 1.807) is 6.92 Å². The summed E-state index contributed by atoms with van der Waals surface area (Å²) in [6.07, 6.45) is 8.20. The predicted molar refractivity (Wildman–Crippen MR) is 118 cm³/mol. The number of nitrogens with one attached hydrogen (secondary N) is 1. The summed E-state index contributed by atoms with van der Waals surface area (Å²) in [5.41, 5.74) is 0.600. The maximum absolute atomic E-state index is 13.5. The molecule has 1 heterocycles. The van der Waals surface area contributed by atoms with Crippen LogP contribution in [0.25, 0.3) is 10.8 Å². The van der Waals surface area contributed by atoms with E-state index in [1.165, 1.54) is 0 Å². The zero-order chi connectivity index (χ0) is 21.6. The standard InChI is InChI=1S/C25H27N3O3/c1-25(21-13-7-9-17-8-5-6-12-20(17)21)23(30)27(24(31)26-25)16-22(29)28(19-14-15-19)18-10-3-2-4-11-18/h5-10,12-13,19H,2-4,11,14-16H2,1H3,(H,26,31)/t25-/m1/s1. The average molecular weight is 418 g/mol. The van der Waals surface area contributed by atoms with Crippen molar-refractivity contribution in [3.05, 3.63) is 59.8 Å². The van der Waals surface area contributed by atoms with E-state index < -0.39 is 11.6 Å². The third-order valence-electron chi connectivity index (χ3n) is 6.65. The molecule has 160 valence electrons. The van der Waals surface area contributed by atoms with Crippen LogP contribution in [-0.2, 0) is 15.1 Å². The highest BCUT2D eigenvalue weighted by molar-refractivity contribution is 6.10. The van der Waals surface area contributed by atoms with Gasteiger partial charge in [-0.3, -0.25) is 14.5 Å². The smallest absolute Gasteiger partial charge is 0.319 e. The Morgan fingerprint density at radius 1 is 1.13 bits per heavy atom. The quantitative estimate of drug-likeness (QED) is 0.746. The number of fused-ring (bicyclic) bond motifs is 1. The molecule has 1 atom stereocenters. The fraction of sp³-hybridized carbons (Fsp3) is 0.400. The lowest BCUT2D eigenvalue weighted by Gasteiger charge is -2.29. The summed E-state index contributed by atoms with van der Waals surface area (Å²) in [4.78, 5) is 42.5. The molecule has 0 bridgehead atoms. The van der Waals surface area contributed by atoms with Crippen molar-refractivity contribution >= 4 is 28.6 Å². The lowest BCUT2D eigenvalue weighted by Crippen LogP contribution is -2.45. The summed E-state index contributed by atoms with van der Waals surface area (Å²) in [6.45, 7) is 1.50. The minimum atomic E-state index is -1.20. The van der Waals surface area contributed by atoms with Crippen LogP contribution in [0.1, 0.15) is 51.0 Å². The monoisotopic (exact) mass is 417 g/mol. The summed E-state index contributed by atoms with van der Waals surface area (Å²) >= 11 is 0. The molecule has 31 heavy (non-hydrogen) atoms. The topological polar surface area (TPSA) is 69.7 Å². The minimum Gasteiger partial charge on any atom is -0.319 e. The first-order chi connectivity index (χ1) is 15.0. The van der Waals surface area contributed by atoms with Crippen LogP contribution in [0.5, 0.6) is 0 Å². The van der Waals surface area contributed by atoms with Crippen LogP contribution in [0.2, 0.25) is 0 Å². The molecule has 0 aromatic heterocycles. The number of nitrogens with zero attached hydrogens (tertiary/aromatic N) is 2. The van der Waals surface area contributed by atoms with Gasteiger partial charge in [-0.05, 0) is 61.8 Å². The first-order valence-corrected chi connectivity index (χ1v) is 11.1. The van der Waals surface area contributed by atoms with Gasteiger partial charge in [-0.15, -0.1) is 0 Å². The SMILES string of the molecule is C[C@]1(c2cccc3ccccc23)NC(=O)N(CC(=O)N(C2=CCCCC2)C2CC2)C1=O. The highest BCUT2D eigenvalue weighted by Crippen LogP contribution is 2.36. The number of imide groups is 1. The van der Waals surface area contributed by atoms with Crippen LogP contribution >= 0.6 is 0 Å². The van der Waals surface area contributed by atoms with Gasteiger partial charge in [0.25, 0.3) is 5.91 Å². The highest BCUT2D eigenvalue weighted by Gasteiger charge is 2.51. The van der Waals surface area contributed by atoms with Gasteiger partial charge in [0.1, 0.15) is 12.1 Å². The van der Waals surface area contributed by atoms with E-state index >= 15 is 0 Å². The molecule has 1 aliphatic heterocycles. The number of hydrogen-bond acceptors (Lipinski definition) is 3. The molecule has 0 radical (unpaired) electrons. The number of hydrogen-bond donors (Lipinski definition) is 1. The summed E-state index contributed by atoms with van der Waals surface area (Å²) < 4.78 is 0. The molecule has 0 unspecified atom stereocenters. The number of rotatable bonds is 5. The molecule has 1 N–H and O–H groups in total.